The monoisotopic (exact) mass is 286 g/mol. The van der Waals surface area contributed by atoms with E-state index in [1.165, 1.54) is 4.88 Å². The molecule has 0 N–H and O–H groups in total. The van der Waals surface area contributed by atoms with Crippen molar-refractivity contribution in [2.75, 3.05) is 0 Å². The number of rotatable bonds is 2. The molecule has 0 radical (unpaired) electrons. The molecule has 0 bridgehead atoms. The summed E-state index contributed by atoms with van der Waals surface area (Å²) in [6.45, 7) is 1.60. The van der Waals surface area contributed by atoms with Crippen LogP contribution in [0, 0.1) is 0 Å². The summed E-state index contributed by atoms with van der Waals surface area (Å²) >= 11 is 6.65. The Labute approximate surface area is 98.5 Å². The van der Waals surface area contributed by atoms with Crippen LogP contribution in [0.25, 0.3) is 9.75 Å². The molecule has 72 valence electrons. The summed E-state index contributed by atoms with van der Waals surface area (Å²) in [4.78, 5) is 14.3. The lowest BCUT2D eigenvalue weighted by Gasteiger charge is -1.88. The summed E-state index contributed by atoms with van der Waals surface area (Å²) in [5.74, 6) is 0.136. The van der Waals surface area contributed by atoms with Crippen molar-refractivity contribution in [3.63, 3.8) is 0 Å². The molecule has 0 amide bonds. The molecule has 2 heterocycles. The van der Waals surface area contributed by atoms with Gasteiger partial charge in [0.1, 0.15) is 0 Å². The number of hydrogen-bond acceptors (Lipinski definition) is 3. The predicted molar refractivity (Wildman–Crippen MR) is 65.3 cm³/mol. The van der Waals surface area contributed by atoms with E-state index >= 15 is 0 Å². The van der Waals surface area contributed by atoms with Gasteiger partial charge in [-0.15, -0.1) is 22.7 Å². The van der Waals surface area contributed by atoms with Gasteiger partial charge in [-0.2, -0.15) is 0 Å². The van der Waals surface area contributed by atoms with Gasteiger partial charge in [0.2, 0.25) is 0 Å². The lowest BCUT2D eigenvalue weighted by atomic mass is 10.3. The highest BCUT2D eigenvalue weighted by Gasteiger charge is 2.07. The number of carbonyl (C=O) groups excluding carboxylic acids is 1. The summed E-state index contributed by atoms with van der Waals surface area (Å²) < 4.78 is 1.12. The van der Waals surface area contributed by atoms with Crippen LogP contribution in [0.2, 0.25) is 0 Å². The third-order valence-corrected chi connectivity index (χ3v) is 4.77. The van der Waals surface area contributed by atoms with Gasteiger partial charge in [0.15, 0.2) is 5.78 Å². The fourth-order valence-corrected chi connectivity index (χ4v) is 3.48. The molecule has 0 saturated heterocycles. The van der Waals surface area contributed by atoms with Gasteiger partial charge < -0.3 is 0 Å². The topological polar surface area (TPSA) is 17.1 Å². The first-order chi connectivity index (χ1) is 6.66. The molecule has 0 atom stereocenters. The zero-order valence-electron chi connectivity index (χ0n) is 7.41. The van der Waals surface area contributed by atoms with Crippen molar-refractivity contribution in [2.45, 2.75) is 6.92 Å². The molecule has 0 aliphatic rings. The molecule has 2 rings (SSSR count). The van der Waals surface area contributed by atoms with Crippen LogP contribution in [-0.4, -0.2) is 5.78 Å². The summed E-state index contributed by atoms with van der Waals surface area (Å²) in [7, 11) is 0. The first-order valence-electron chi connectivity index (χ1n) is 4.03. The minimum Gasteiger partial charge on any atom is -0.294 e. The Balaban J connectivity index is 2.38. The quantitative estimate of drug-likeness (QED) is 0.746. The van der Waals surface area contributed by atoms with Crippen molar-refractivity contribution in [2.24, 2.45) is 0 Å². The van der Waals surface area contributed by atoms with Gasteiger partial charge in [-0.25, -0.2) is 0 Å². The second-order valence-electron chi connectivity index (χ2n) is 2.82. The number of ketones is 1. The molecule has 0 saturated carbocycles. The predicted octanol–water partition coefficient (Wildman–Crippen LogP) is 4.44. The molecule has 0 spiro atoms. The average molecular weight is 287 g/mol. The van der Waals surface area contributed by atoms with E-state index in [4.69, 9.17) is 0 Å². The van der Waals surface area contributed by atoms with E-state index in [1.54, 1.807) is 29.6 Å². The van der Waals surface area contributed by atoms with Gasteiger partial charge in [0.25, 0.3) is 0 Å². The molecule has 0 aliphatic carbocycles. The van der Waals surface area contributed by atoms with E-state index in [-0.39, 0.29) is 5.78 Å². The van der Waals surface area contributed by atoms with Crippen molar-refractivity contribution in [3.05, 3.63) is 32.9 Å². The van der Waals surface area contributed by atoms with Crippen LogP contribution in [0.4, 0.5) is 0 Å². The lowest BCUT2D eigenvalue weighted by Crippen LogP contribution is -1.83. The molecule has 14 heavy (non-hydrogen) atoms. The highest BCUT2D eigenvalue weighted by Crippen LogP contribution is 2.35. The van der Waals surface area contributed by atoms with Gasteiger partial charge in [0, 0.05) is 9.75 Å². The van der Waals surface area contributed by atoms with E-state index < -0.39 is 0 Å². The Morgan fingerprint density at radius 2 is 1.79 bits per heavy atom. The maximum atomic E-state index is 11.1. The molecule has 0 aromatic carbocycles. The Kier molecular flexibility index (Phi) is 2.85. The van der Waals surface area contributed by atoms with Crippen molar-refractivity contribution in [3.8, 4) is 9.75 Å². The maximum absolute atomic E-state index is 11.1. The van der Waals surface area contributed by atoms with E-state index in [0.717, 1.165) is 13.5 Å². The molecule has 2 aromatic heterocycles. The smallest absolute Gasteiger partial charge is 0.169 e. The highest BCUT2D eigenvalue weighted by molar-refractivity contribution is 9.11. The van der Waals surface area contributed by atoms with Crippen LogP contribution in [0.5, 0.6) is 0 Å². The van der Waals surface area contributed by atoms with Crippen LogP contribution in [0.15, 0.2) is 28.1 Å². The molecule has 0 aliphatic heterocycles. The highest BCUT2D eigenvalue weighted by atomic mass is 79.9. The molecule has 0 fully saturated rings. The molecule has 1 nitrogen and oxygen atoms in total. The lowest BCUT2D eigenvalue weighted by molar-refractivity contribution is 0.102. The zero-order chi connectivity index (χ0) is 10.1. The van der Waals surface area contributed by atoms with Gasteiger partial charge in [-0.05, 0) is 47.1 Å². The zero-order valence-corrected chi connectivity index (χ0v) is 10.6. The number of carbonyl (C=O) groups is 1. The van der Waals surface area contributed by atoms with Crippen molar-refractivity contribution in [1.29, 1.82) is 0 Å². The van der Waals surface area contributed by atoms with Crippen molar-refractivity contribution >= 4 is 44.4 Å². The summed E-state index contributed by atoms with van der Waals surface area (Å²) in [6, 6.07) is 7.97. The molecule has 2 aromatic rings. The third kappa shape index (κ3) is 1.97. The fraction of sp³-hybridized carbons (Fsp3) is 0.100. The molecule has 0 unspecified atom stereocenters. The van der Waals surface area contributed by atoms with Crippen LogP contribution >= 0.6 is 38.6 Å². The number of hydrogen-bond donors (Lipinski definition) is 0. The molecular weight excluding hydrogens is 280 g/mol. The van der Waals surface area contributed by atoms with Crippen LogP contribution in [-0.2, 0) is 0 Å². The first-order valence-corrected chi connectivity index (χ1v) is 6.46. The summed E-state index contributed by atoms with van der Waals surface area (Å²) in [6.07, 6.45) is 0. The van der Waals surface area contributed by atoms with Gasteiger partial charge >= 0.3 is 0 Å². The van der Waals surface area contributed by atoms with Gasteiger partial charge in [-0.1, -0.05) is 0 Å². The third-order valence-electron chi connectivity index (χ3n) is 1.77. The number of thiophene rings is 2. The molecular formula is C10H7BrOS2. The summed E-state index contributed by atoms with van der Waals surface area (Å²) in [5.41, 5.74) is 0. The second-order valence-corrected chi connectivity index (χ2v) is 6.37. The van der Waals surface area contributed by atoms with E-state index in [9.17, 15) is 4.79 Å². The number of Topliss-reactive ketones (excluding diaryl/α,β-unsaturated/α-hetero) is 1. The van der Waals surface area contributed by atoms with E-state index in [0.29, 0.717) is 0 Å². The van der Waals surface area contributed by atoms with Crippen LogP contribution in [0.1, 0.15) is 16.6 Å². The Morgan fingerprint density at radius 3 is 2.29 bits per heavy atom. The largest absolute Gasteiger partial charge is 0.294 e. The number of halogens is 1. The fourth-order valence-electron chi connectivity index (χ4n) is 1.11. The van der Waals surface area contributed by atoms with Crippen molar-refractivity contribution < 1.29 is 4.79 Å². The van der Waals surface area contributed by atoms with Crippen LogP contribution in [0.3, 0.4) is 0 Å². The van der Waals surface area contributed by atoms with E-state index in [2.05, 4.69) is 22.0 Å². The van der Waals surface area contributed by atoms with Crippen molar-refractivity contribution in [1.82, 2.24) is 0 Å². The van der Waals surface area contributed by atoms with Gasteiger partial charge in [-0.3, -0.25) is 4.79 Å². The normalized spacial score (nSPS) is 10.4. The SMILES string of the molecule is CC(=O)c1ccc(-c2ccc(Br)s2)s1. The Hall–Kier alpha value is -0.450. The summed E-state index contributed by atoms with van der Waals surface area (Å²) in [5, 5.41) is 0. The average Bonchev–Trinajstić information content (AvgIpc) is 2.70. The first kappa shape index (κ1) is 10.1. The van der Waals surface area contributed by atoms with Gasteiger partial charge in [0.05, 0.1) is 8.66 Å². The minimum atomic E-state index is 0.136. The second kappa shape index (κ2) is 3.96. The Morgan fingerprint density at radius 1 is 1.14 bits per heavy atom. The van der Waals surface area contributed by atoms with E-state index in [1.807, 2.05) is 18.2 Å². The maximum Gasteiger partial charge on any atom is 0.169 e. The standard InChI is InChI=1S/C10H7BrOS2/c1-6(12)7-2-3-8(13-7)9-4-5-10(11)14-9/h2-5H,1H3. The minimum absolute atomic E-state index is 0.136. The molecule has 4 heteroatoms. The Bertz CT molecular complexity index is 470. The van der Waals surface area contributed by atoms with Crippen LogP contribution < -0.4 is 0 Å².